The molecule has 0 spiro atoms. The van der Waals surface area contributed by atoms with Crippen LogP contribution in [0.15, 0.2) is 29.2 Å². The Morgan fingerprint density at radius 1 is 1.30 bits per heavy atom. The van der Waals surface area contributed by atoms with Gasteiger partial charge in [0.2, 0.25) is 0 Å². The molecule has 6 nitrogen and oxygen atoms in total. The molecule has 0 amide bonds. The molecule has 2 rings (SSSR count). The molecule has 0 fully saturated rings. The number of aromatic nitrogens is 3. The lowest BCUT2D eigenvalue weighted by molar-refractivity contribution is 0.0695. The Morgan fingerprint density at radius 2 is 2.05 bits per heavy atom. The van der Waals surface area contributed by atoms with Gasteiger partial charge in [0.15, 0.2) is 0 Å². The molecule has 0 radical (unpaired) electrons. The van der Waals surface area contributed by atoms with Crippen molar-refractivity contribution in [2.75, 3.05) is 0 Å². The van der Waals surface area contributed by atoms with Gasteiger partial charge in [0.1, 0.15) is 0 Å². The molecular weight excluding hydrogens is 258 g/mol. The molecule has 0 aliphatic carbocycles. The van der Waals surface area contributed by atoms with E-state index in [2.05, 4.69) is 5.10 Å². The number of hydrogen-bond donors (Lipinski definition) is 1. The van der Waals surface area contributed by atoms with E-state index in [0.29, 0.717) is 19.5 Å². The predicted molar refractivity (Wildman–Crippen MR) is 74.0 cm³/mol. The Morgan fingerprint density at radius 3 is 2.65 bits per heavy atom. The fraction of sp³-hybridized carbons (Fsp3) is 0.357. The Kier molecular flexibility index (Phi) is 4.02. The van der Waals surface area contributed by atoms with Crippen molar-refractivity contribution in [1.29, 1.82) is 0 Å². The summed E-state index contributed by atoms with van der Waals surface area (Å²) in [4.78, 5) is 22.5. The maximum atomic E-state index is 11.7. The van der Waals surface area contributed by atoms with Gasteiger partial charge < -0.3 is 9.67 Å². The average molecular weight is 275 g/mol. The number of carboxylic acids is 1. The maximum Gasteiger partial charge on any atom is 0.337 e. The second kappa shape index (κ2) is 5.73. The molecule has 0 bridgehead atoms. The van der Waals surface area contributed by atoms with E-state index < -0.39 is 5.97 Å². The number of rotatable bonds is 5. The summed E-state index contributed by atoms with van der Waals surface area (Å²) >= 11 is 0. The third kappa shape index (κ3) is 3.14. The van der Waals surface area contributed by atoms with Crippen LogP contribution in [0, 0.1) is 13.8 Å². The standard InChI is InChI=1S/C14H17N3O3/c1-10-8-11(2)17(15-10)7-3-6-16-9-12(14(19)20)4-5-13(16)18/h4-5,8-9H,3,6-7H2,1-2H3,(H,19,20). The summed E-state index contributed by atoms with van der Waals surface area (Å²) in [6.07, 6.45) is 2.09. The van der Waals surface area contributed by atoms with Gasteiger partial charge in [-0.1, -0.05) is 0 Å². The zero-order chi connectivity index (χ0) is 14.7. The fourth-order valence-electron chi connectivity index (χ4n) is 2.12. The quantitative estimate of drug-likeness (QED) is 0.896. The molecule has 0 saturated carbocycles. The van der Waals surface area contributed by atoms with Crippen LogP contribution in [-0.2, 0) is 13.1 Å². The van der Waals surface area contributed by atoms with Crippen LogP contribution in [0.2, 0.25) is 0 Å². The van der Waals surface area contributed by atoms with Crippen molar-refractivity contribution in [3.8, 4) is 0 Å². The van der Waals surface area contributed by atoms with Gasteiger partial charge in [0.05, 0.1) is 11.3 Å². The van der Waals surface area contributed by atoms with E-state index in [9.17, 15) is 9.59 Å². The van der Waals surface area contributed by atoms with Gasteiger partial charge in [-0.3, -0.25) is 9.48 Å². The molecule has 0 unspecified atom stereocenters. The summed E-state index contributed by atoms with van der Waals surface area (Å²) in [5, 5.41) is 13.3. The molecule has 20 heavy (non-hydrogen) atoms. The zero-order valence-corrected chi connectivity index (χ0v) is 11.5. The summed E-state index contributed by atoms with van der Waals surface area (Å²) in [5.41, 5.74) is 1.97. The highest BCUT2D eigenvalue weighted by molar-refractivity contribution is 5.87. The first-order valence-corrected chi connectivity index (χ1v) is 6.42. The summed E-state index contributed by atoms with van der Waals surface area (Å²) in [7, 11) is 0. The minimum absolute atomic E-state index is 0.121. The number of hydrogen-bond acceptors (Lipinski definition) is 3. The number of carboxylic acid groups (broad SMARTS) is 1. The molecule has 2 aromatic rings. The highest BCUT2D eigenvalue weighted by Crippen LogP contribution is 2.03. The van der Waals surface area contributed by atoms with Crippen molar-refractivity contribution in [1.82, 2.24) is 14.3 Å². The van der Waals surface area contributed by atoms with E-state index in [1.165, 1.54) is 22.9 Å². The van der Waals surface area contributed by atoms with Gasteiger partial charge in [-0.15, -0.1) is 0 Å². The molecule has 6 heteroatoms. The Hall–Kier alpha value is -2.37. The Balaban J connectivity index is 2.04. The van der Waals surface area contributed by atoms with Crippen LogP contribution in [0.4, 0.5) is 0 Å². The lowest BCUT2D eigenvalue weighted by Gasteiger charge is -2.07. The first-order valence-electron chi connectivity index (χ1n) is 6.42. The van der Waals surface area contributed by atoms with Crippen molar-refractivity contribution in [2.24, 2.45) is 0 Å². The number of aromatic carboxylic acids is 1. The molecule has 0 atom stereocenters. The summed E-state index contributed by atoms with van der Waals surface area (Å²) < 4.78 is 3.32. The number of carbonyl (C=O) groups is 1. The van der Waals surface area contributed by atoms with E-state index >= 15 is 0 Å². The second-order valence-corrected chi connectivity index (χ2v) is 4.76. The average Bonchev–Trinajstić information content (AvgIpc) is 2.70. The normalized spacial score (nSPS) is 10.7. The van der Waals surface area contributed by atoms with Crippen LogP contribution < -0.4 is 5.56 Å². The largest absolute Gasteiger partial charge is 0.478 e. The summed E-state index contributed by atoms with van der Waals surface area (Å²) in [5.74, 6) is -1.03. The van der Waals surface area contributed by atoms with Gasteiger partial charge in [0.25, 0.3) is 5.56 Å². The lowest BCUT2D eigenvalue weighted by atomic mass is 10.3. The third-order valence-corrected chi connectivity index (χ3v) is 3.10. The first-order chi connectivity index (χ1) is 9.47. The minimum Gasteiger partial charge on any atom is -0.478 e. The molecule has 0 aromatic carbocycles. The van der Waals surface area contributed by atoms with E-state index in [0.717, 1.165) is 11.4 Å². The van der Waals surface area contributed by atoms with Crippen LogP contribution in [0.1, 0.15) is 28.2 Å². The monoisotopic (exact) mass is 275 g/mol. The molecule has 1 N–H and O–H groups in total. The number of aryl methyl sites for hydroxylation is 4. The van der Waals surface area contributed by atoms with Crippen molar-refractivity contribution in [2.45, 2.75) is 33.4 Å². The van der Waals surface area contributed by atoms with Crippen LogP contribution in [0.5, 0.6) is 0 Å². The third-order valence-electron chi connectivity index (χ3n) is 3.10. The van der Waals surface area contributed by atoms with Crippen LogP contribution in [0.3, 0.4) is 0 Å². The molecule has 0 saturated heterocycles. The Bertz CT molecular complexity index is 685. The van der Waals surface area contributed by atoms with Crippen molar-refractivity contribution in [3.05, 3.63) is 51.7 Å². The van der Waals surface area contributed by atoms with Gasteiger partial charge in [-0.2, -0.15) is 5.10 Å². The number of nitrogens with zero attached hydrogens (tertiary/aromatic N) is 3. The molecule has 0 aliphatic heterocycles. The Labute approximate surface area is 116 Å². The smallest absolute Gasteiger partial charge is 0.337 e. The van der Waals surface area contributed by atoms with Gasteiger partial charge in [-0.05, 0) is 32.4 Å². The van der Waals surface area contributed by atoms with Crippen molar-refractivity contribution in [3.63, 3.8) is 0 Å². The van der Waals surface area contributed by atoms with Crippen LogP contribution in [0.25, 0.3) is 0 Å². The lowest BCUT2D eigenvalue weighted by Crippen LogP contribution is -2.21. The van der Waals surface area contributed by atoms with Crippen LogP contribution >= 0.6 is 0 Å². The van der Waals surface area contributed by atoms with E-state index in [4.69, 9.17) is 5.11 Å². The van der Waals surface area contributed by atoms with Crippen molar-refractivity contribution >= 4 is 5.97 Å². The van der Waals surface area contributed by atoms with Gasteiger partial charge in [-0.25, -0.2) is 4.79 Å². The van der Waals surface area contributed by atoms with E-state index in [1.807, 2.05) is 24.6 Å². The van der Waals surface area contributed by atoms with Crippen molar-refractivity contribution < 1.29 is 9.90 Å². The van der Waals surface area contributed by atoms with Crippen LogP contribution in [-0.4, -0.2) is 25.4 Å². The molecule has 0 aliphatic rings. The summed E-state index contributed by atoms with van der Waals surface area (Å²) in [6, 6.07) is 4.60. The molecular formula is C14H17N3O3. The molecule has 2 heterocycles. The summed E-state index contributed by atoms with van der Waals surface area (Å²) in [6.45, 7) is 5.09. The van der Waals surface area contributed by atoms with Gasteiger partial charge in [0, 0.05) is 31.0 Å². The van der Waals surface area contributed by atoms with E-state index in [1.54, 1.807) is 0 Å². The van der Waals surface area contributed by atoms with Gasteiger partial charge >= 0.3 is 5.97 Å². The predicted octanol–water partition coefficient (Wildman–Crippen LogP) is 1.45. The number of pyridine rings is 1. The minimum atomic E-state index is -1.03. The SMILES string of the molecule is Cc1cc(C)n(CCCn2cc(C(=O)O)ccc2=O)n1. The highest BCUT2D eigenvalue weighted by atomic mass is 16.4. The molecule has 106 valence electrons. The topological polar surface area (TPSA) is 77.1 Å². The second-order valence-electron chi connectivity index (χ2n) is 4.76. The van der Waals surface area contributed by atoms with E-state index in [-0.39, 0.29) is 11.1 Å². The molecule has 2 aromatic heterocycles. The zero-order valence-electron chi connectivity index (χ0n) is 11.5. The maximum absolute atomic E-state index is 11.7. The first kappa shape index (κ1) is 14.0. The highest BCUT2D eigenvalue weighted by Gasteiger charge is 2.06. The fourth-order valence-corrected chi connectivity index (χ4v) is 2.12.